The van der Waals surface area contributed by atoms with Crippen molar-refractivity contribution in [2.75, 3.05) is 63.9 Å². The van der Waals surface area contributed by atoms with Crippen molar-refractivity contribution in [3.8, 4) is 24.2 Å². The molecule has 32 nitrogen and oxygen atoms in total. The van der Waals surface area contributed by atoms with Gasteiger partial charge in [-0.3, -0.25) is 28.3 Å². The number of terminal acetylenes is 1. The van der Waals surface area contributed by atoms with Gasteiger partial charge in [0.25, 0.3) is 0 Å². The molecular weight excluding hydrogens is 1440 g/mol. The summed E-state index contributed by atoms with van der Waals surface area (Å²) in [6.45, 7) is 38.8. The highest BCUT2D eigenvalue weighted by Crippen LogP contribution is 2.42. The minimum Gasteiger partial charge on any atom is -0.481 e. The van der Waals surface area contributed by atoms with Crippen molar-refractivity contribution < 1.29 is 86.5 Å². The summed E-state index contributed by atoms with van der Waals surface area (Å²) in [7, 11) is -4.24. The van der Waals surface area contributed by atoms with Gasteiger partial charge in [0.1, 0.15) is 53.1 Å². The third kappa shape index (κ3) is 39.6. The molecule has 564 valence electrons. The monoisotopic (exact) mass is 1550 g/mol. The fourth-order valence-corrected chi connectivity index (χ4v) is 10.0. The van der Waals surface area contributed by atoms with E-state index in [9.17, 15) is 48.3 Å². The summed E-state index contributed by atoms with van der Waals surface area (Å²) < 4.78 is 43.5. The van der Waals surface area contributed by atoms with Gasteiger partial charge in [-0.2, -0.15) is 9.97 Å². The Morgan fingerprint density at radius 1 is 0.646 bits per heavy atom. The van der Waals surface area contributed by atoms with Crippen molar-refractivity contribution in [3.05, 3.63) is 42.5 Å². The number of nitrogen functional groups attached to an aromatic ring is 2. The normalized spacial score (nSPS) is 17.4. The Kier molecular flexibility index (Phi) is 40.9. The third-order valence-corrected chi connectivity index (χ3v) is 24.0. The number of rotatable bonds is 21. The smallest absolute Gasteiger partial charge is 0.407 e. The van der Waals surface area contributed by atoms with Crippen LogP contribution in [-0.2, 0) is 51.7 Å². The molecule has 0 aliphatic carbocycles. The van der Waals surface area contributed by atoms with Crippen LogP contribution in [0, 0.1) is 27.8 Å². The number of amides is 5. The zero-order valence-electron chi connectivity index (χ0n) is 60.3. The number of carbonyl (C=O) groups is 7. The number of aliphatic carboxylic acids is 2. The summed E-state index contributed by atoms with van der Waals surface area (Å²) in [5.41, 5.74) is 14.0. The van der Waals surface area contributed by atoms with E-state index < -0.39 is 99.7 Å². The van der Waals surface area contributed by atoms with Crippen molar-refractivity contribution in [3.63, 3.8) is 0 Å². The molecule has 6 atom stereocenters. The molecule has 0 saturated carbocycles. The number of ether oxygens (including phenoxy) is 5. The van der Waals surface area contributed by atoms with E-state index in [0.29, 0.717) is 22.2 Å². The summed E-state index contributed by atoms with van der Waals surface area (Å²) >= 11 is 1.96. The van der Waals surface area contributed by atoms with Crippen molar-refractivity contribution in [1.82, 2.24) is 45.7 Å². The second kappa shape index (κ2) is 43.0. The van der Waals surface area contributed by atoms with E-state index in [1.807, 2.05) is 22.6 Å². The summed E-state index contributed by atoms with van der Waals surface area (Å²) in [6.07, 6.45) is 3.91. The molecule has 0 bridgehead atoms. The molecule has 2 aliphatic rings. The lowest BCUT2D eigenvalue weighted by Gasteiger charge is -2.40. The molecule has 6 unspecified atom stereocenters. The van der Waals surface area contributed by atoms with Gasteiger partial charge in [-0.1, -0.05) is 66.7 Å². The maximum atomic E-state index is 13.0. The molecule has 0 aromatic carbocycles. The number of nitrogens with two attached hydrogens (primary N) is 3. The Labute approximate surface area is 598 Å². The van der Waals surface area contributed by atoms with Gasteiger partial charge < -0.3 is 96.7 Å². The largest absolute Gasteiger partial charge is 0.481 e. The number of halogens is 1. The van der Waals surface area contributed by atoms with E-state index in [1.165, 1.54) is 15.3 Å². The summed E-state index contributed by atoms with van der Waals surface area (Å²) in [4.78, 5) is 109. The molecule has 35 heteroatoms. The van der Waals surface area contributed by atoms with Gasteiger partial charge in [-0.15, -0.1) is 6.42 Å². The Bertz CT molecular complexity index is 3150. The van der Waals surface area contributed by atoms with Crippen LogP contribution >= 0.6 is 22.6 Å². The molecule has 99 heavy (non-hydrogen) atoms. The number of aliphatic hydroxyl groups is 2. The molecule has 4 heterocycles. The molecular formula is C64H113IN12O20Si2. The summed E-state index contributed by atoms with van der Waals surface area (Å²) in [6, 6.07) is 0. The van der Waals surface area contributed by atoms with Gasteiger partial charge in [-0.05, 0) is 121 Å². The number of nitrogens with one attached hydrogen (secondary N) is 5. The predicted molar refractivity (Wildman–Crippen MR) is 388 cm³/mol. The molecule has 2 aromatic heterocycles. The van der Waals surface area contributed by atoms with E-state index in [0.717, 1.165) is 0 Å². The number of carbonyl (C=O) groups excluding carboxylic acids is 5. The fraction of sp³-hybridized carbons (Fsp3) is 0.703. The van der Waals surface area contributed by atoms with E-state index in [2.05, 4.69) is 122 Å². The van der Waals surface area contributed by atoms with Crippen molar-refractivity contribution in [1.29, 1.82) is 0 Å². The number of alkyl carbamates (subject to hydrolysis) is 3. The van der Waals surface area contributed by atoms with Crippen molar-refractivity contribution >= 4 is 92.9 Å². The van der Waals surface area contributed by atoms with Crippen LogP contribution < -0.4 is 55.2 Å². The quantitative estimate of drug-likeness (QED) is 0.0310. The van der Waals surface area contributed by atoms with Crippen LogP contribution in [0.4, 0.5) is 26.0 Å². The molecule has 2 fully saturated rings. The zero-order chi connectivity index (χ0) is 76.0. The van der Waals surface area contributed by atoms with Gasteiger partial charge in [-0.25, -0.2) is 24.0 Å². The first kappa shape index (κ1) is 94.1. The Balaban J connectivity index is 0. The van der Waals surface area contributed by atoms with Crippen LogP contribution in [0.1, 0.15) is 168 Å². The molecule has 2 aliphatic heterocycles. The number of aromatic nitrogens is 4. The third-order valence-electron chi connectivity index (χ3n) is 14.2. The van der Waals surface area contributed by atoms with Crippen LogP contribution in [0.15, 0.2) is 22.0 Å². The zero-order valence-corrected chi connectivity index (χ0v) is 64.5. The molecule has 5 amide bonds. The number of nitrogens with zero attached hydrogens (tertiary/aromatic N) is 4. The van der Waals surface area contributed by atoms with Crippen LogP contribution in [0.5, 0.6) is 0 Å². The summed E-state index contributed by atoms with van der Waals surface area (Å²) in [5.74, 6) is 5.93. The van der Waals surface area contributed by atoms with E-state index in [-0.39, 0.29) is 131 Å². The predicted octanol–water partition coefficient (Wildman–Crippen LogP) is 5.67. The second-order valence-corrected chi connectivity index (χ2v) is 39.0. The average molecular weight is 1550 g/mol. The highest BCUT2D eigenvalue weighted by atomic mass is 127. The number of aliphatic hydroxyl groups excluding tert-OH is 2. The van der Waals surface area contributed by atoms with E-state index >= 15 is 0 Å². The van der Waals surface area contributed by atoms with Crippen molar-refractivity contribution in [2.24, 2.45) is 5.73 Å². The maximum Gasteiger partial charge on any atom is 0.407 e. The number of carboxylic acids is 2. The molecule has 0 spiro atoms. The van der Waals surface area contributed by atoms with Crippen LogP contribution in [0.25, 0.3) is 0 Å². The number of carboxylic acid groups (broad SMARTS) is 2. The van der Waals surface area contributed by atoms with Gasteiger partial charge >= 0.3 is 41.6 Å². The first-order valence-corrected chi connectivity index (χ1v) is 38.5. The van der Waals surface area contributed by atoms with Crippen LogP contribution in [-0.4, -0.2) is 192 Å². The molecule has 2 aromatic rings. The molecule has 4 rings (SSSR count). The number of hydrogen-bond donors (Lipinski definition) is 12. The lowest BCUT2D eigenvalue weighted by molar-refractivity contribution is -0.137. The van der Waals surface area contributed by atoms with E-state index in [1.54, 1.807) is 68.5 Å². The Hall–Kier alpha value is -6.95. The van der Waals surface area contributed by atoms with Gasteiger partial charge in [0.15, 0.2) is 16.6 Å². The number of anilines is 2. The second-order valence-electron chi connectivity index (χ2n) is 28.3. The Morgan fingerprint density at radius 2 is 1.06 bits per heavy atom. The standard InChI is InChI=1S/C32H57N5O7Si2.C11H18N2O3.C9H12IN3O4.C8H15NO4.C3H7NO2.CH4/c1-30(2,3)43-29(40)35-18-16-25(38)34-17-14-15-22-20-37(28(39)36-27(22)33)26-19-23(44-46(12,13)32(7,8)9)24(42-26)21-41-45(10,11)31(4,5)6;1-5-7-12-9(14)6-8-13-10(15)16-11(2,3)4;10-4-2-13(9(16)12-8(4)11)7-1-5(15)6(3-14)17-7;1-8(2,3)13-7(12)9-5-4-6(10)11;4-2-1-3(5)6;/h20,23-24,26H,16-19,21H2,1-13H3,(H,34,38)(H,35,40)(H2,33,36,39);1H,6-8H2,2-4H3,(H,12,14)(H,13,15);2,5-7,14-15H,1,3H2,(H2,11,12,16);4-5H2,1-3H3,(H,9,12)(H,10,11);1-2,4H2,(H,5,6);1H4. The van der Waals surface area contributed by atoms with Crippen LogP contribution in [0.2, 0.25) is 36.3 Å². The van der Waals surface area contributed by atoms with Crippen LogP contribution in [0.3, 0.4) is 0 Å². The Morgan fingerprint density at radius 3 is 1.45 bits per heavy atom. The van der Waals surface area contributed by atoms with Gasteiger partial charge in [0.05, 0.1) is 60.5 Å². The van der Waals surface area contributed by atoms with E-state index in [4.69, 9.17) is 71.5 Å². The van der Waals surface area contributed by atoms with Gasteiger partial charge in [0, 0.05) is 64.3 Å². The summed E-state index contributed by atoms with van der Waals surface area (Å²) in [5, 5.41) is 47.2. The molecule has 2 saturated heterocycles. The highest BCUT2D eigenvalue weighted by Gasteiger charge is 2.47. The SMILES string of the molecule is C.C#CCNC(=O)CCNC(=O)OC(C)(C)C.CC(C)(C)OC(=O)NCCC(=O)NCC#Cc1cn(C2CC(O[Si](C)(C)C(C)(C)C)C(CO[Si](C)(C)C(C)(C)C)O2)c(=O)nc1N.CC(C)(C)OC(=O)NCCC(=O)O.NCCC(=O)O.Nc1nc(=O)n(C2CC(O)C(CO)O2)cc1I. The minimum atomic E-state index is -2.17. The first-order chi connectivity index (χ1) is 44.8. The van der Waals surface area contributed by atoms with Crippen molar-refractivity contribution in [2.45, 2.75) is 240 Å². The lowest BCUT2D eigenvalue weighted by atomic mass is 10.2. The van der Waals surface area contributed by atoms with Gasteiger partial charge in [0.2, 0.25) is 11.8 Å². The highest BCUT2D eigenvalue weighted by molar-refractivity contribution is 14.1. The first-order valence-electron chi connectivity index (χ1n) is 31.6. The topological polar surface area (TPSA) is 473 Å². The maximum absolute atomic E-state index is 13.0. The lowest BCUT2D eigenvalue weighted by Crippen LogP contribution is -2.48. The number of hydrogen-bond acceptors (Lipinski definition) is 23. The average Bonchev–Trinajstić information content (AvgIpc) is 1.69. The fourth-order valence-electron chi connectivity index (χ4n) is 7.21. The minimum absolute atomic E-state index is 0. The molecule has 15 N–H and O–H groups in total. The molecule has 0 radical (unpaired) electrons.